The Kier molecular flexibility index (Phi) is 3.74. The Balaban J connectivity index is 1.82. The number of hydrogen-bond acceptors (Lipinski definition) is 2. The number of hydrogen-bond donors (Lipinski definition) is 0. The molecule has 0 radical (unpaired) electrons. The van der Waals surface area contributed by atoms with Gasteiger partial charge in [0.05, 0.1) is 0 Å². The van der Waals surface area contributed by atoms with Crippen LogP contribution in [0.4, 0.5) is 0 Å². The van der Waals surface area contributed by atoms with Gasteiger partial charge in [-0.15, -0.1) is 0 Å². The first kappa shape index (κ1) is 13.9. The summed E-state index contributed by atoms with van der Waals surface area (Å²) in [7, 11) is 0. The zero-order valence-electron chi connectivity index (χ0n) is 12.7. The van der Waals surface area contributed by atoms with Gasteiger partial charge in [0.25, 0.3) is 0 Å². The molecule has 3 rings (SSSR count). The SMILES string of the molecule is CC1C(=O)N2CCCCC2C(=O)N1C(C)C1CCCC1. The molecule has 1 aliphatic carbocycles. The van der Waals surface area contributed by atoms with Crippen LogP contribution in [-0.2, 0) is 9.59 Å². The number of fused-ring (bicyclic) bond motifs is 1. The van der Waals surface area contributed by atoms with E-state index in [9.17, 15) is 9.59 Å². The lowest BCUT2D eigenvalue weighted by molar-refractivity contribution is -0.166. The van der Waals surface area contributed by atoms with Crippen molar-refractivity contribution >= 4 is 11.8 Å². The van der Waals surface area contributed by atoms with E-state index in [1.165, 1.54) is 25.7 Å². The van der Waals surface area contributed by atoms with Crippen LogP contribution in [0.5, 0.6) is 0 Å². The molecule has 4 heteroatoms. The first-order valence-electron chi connectivity index (χ1n) is 8.24. The summed E-state index contributed by atoms with van der Waals surface area (Å²) in [6, 6.07) is -0.225. The minimum Gasteiger partial charge on any atom is -0.329 e. The van der Waals surface area contributed by atoms with Gasteiger partial charge >= 0.3 is 0 Å². The fourth-order valence-electron chi connectivity index (χ4n) is 4.39. The summed E-state index contributed by atoms with van der Waals surface area (Å²) < 4.78 is 0. The van der Waals surface area contributed by atoms with E-state index in [0.717, 1.165) is 25.8 Å². The van der Waals surface area contributed by atoms with Crippen molar-refractivity contribution < 1.29 is 9.59 Å². The van der Waals surface area contributed by atoms with E-state index in [2.05, 4.69) is 6.92 Å². The summed E-state index contributed by atoms with van der Waals surface area (Å²) in [4.78, 5) is 29.2. The van der Waals surface area contributed by atoms with E-state index in [1.807, 2.05) is 16.7 Å². The van der Waals surface area contributed by atoms with Crippen LogP contribution in [0, 0.1) is 5.92 Å². The summed E-state index contributed by atoms with van der Waals surface area (Å²) in [6.07, 6.45) is 7.93. The molecular formula is C16H26N2O2. The first-order valence-corrected chi connectivity index (χ1v) is 8.24. The molecule has 2 heterocycles. The van der Waals surface area contributed by atoms with Gasteiger partial charge in [-0.25, -0.2) is 0 Å². The van der Waals surface area contributed by atoms with Gasteiger partial charge in [-0.2, -0.15) is 0 Å². The van der Waals surface area contributed by atoms with E-state index in [-0.39, 0.29) is 29.9 Å². The van der Waals surface area contributed by atoms with Crippen molar-refractivity contribution in [1.29, 1.82) is 0 Å². The van der Waals surface area contributed by atoms with Crippen LogP contribution in [0.2, 0.25) is 0 Å². The molecule has 2 saturated heterocycles. The van der Waals surface area contributed by atoms with Gasteiger partial charge in [0, 0.05) is 12.6 Å². The summed E-state index contributed by atoms with van der Waals surface area (Å²) in [5.41, 5.74) is 0. The zero-order chi connectivity index (χ0) is 14.3. The highest BCUT2D eigenvalue weighted by atomic mass is 16.2. The molecule has 1 saturated carbocycles. The van der Waals surface area contributed by atoms with Crippen molar-refractivity contribution in [3.8, 4) is 0 Å². The van der Waals surface area contributed by atoms with Crippen molar-refractivity contribution in [2.75, 3.05) is 6.54 Å². The van der Waals surface area contributed by atoms with Crippen molar-refractivity contribution in [3.63, 3.8) is 0 Å². The smallest absolute Gasteiger partial charge is 0.246 e. The van der Waals surface area contributed by atoms with Crippen LogP contribution in [0.1, 0.15) is 58.8 Å². The number of rotatable bonds is 2. The van der Waals surface area contributed by atoms with Gasteiger partial charge < -0.3 is 9.80 Å². The Morgan fingerprint density at radius 1 is 1.00 bits per heavy atom. The van der Waals surface area contributed by atoms with Crippen molar-refractivity contribution in [1.82, 2.24) is 9.80 Å². The van der Waals surface area contributed by atoms with Crippen LogP contribution in [0.3, 0.4) is 0 Å². The minimum atomic E-state index is -0.271. The number of piperazine rings is 1. The lowest BCUT2D eigenvalue weighted by atomic mass is 9.91. The fourth-order valence-corrected chi connectivity index (χ4v) is 4.39. The molecule has 3 aliphatic rings. The predicted molar refractivity (Wildman–Crippen MR) is 77.1 cm³/mol. The summed E-state index contributed by atoms with van der Waals surface area (Å²) >= 11 is 0. The lowest BCUT2D eigenvalue weighted by Crippen LogP contribution is -2.67. The molecule has 2 aliphatic heterocycles. The first-order chi connectivity index (χ1) is 9.61. The second-order valence-electron chi connectivity index (χ2n) is 6.75. The number of nitrogens with zero attached hydrogens (tertiary/aromatic N) is 2. The van der Waals surface area contributed by atoms with Gasteiger partial charge in [0.15, 0.2) is 0 Å². The lowest BCUT2D eigenvalue weighted by Gasteiger charge is -2.49. The third-order valence-electron chi connectivity index (χ3n) is 5.62. The average molecular weight is 278 g/mol. The molecule has 3 atom stereocenters. The molecule has 0 N–H and O–H groups in total. The highest BCUT2D eigenvalue weighted by Gasteiger charge is 2.47. The minimum absolute atomic E-state index is 0.166. The Morgan fingerprint density at radius 2 is 1.65 bits per heavy atom. The Morgan fingerprint density at radius 3 is 2.35 bits per heavy atom. The number of carbonyl (C=O) groups is 2. The molecule has 4 nitrogen and oxygen atoms in total. The van der Waals surface area contributed by atoms with Gasteiger partial charge in [0.1, 0.15) is 12.1 Å². The van der Waals surface area contributed by atoms with Crippen molar-refractivity contribution in [3.05, 3.63) is 0 Å². The molecule has 2 amide bonds. The van der Waals surface area contributed by atoms with Gasteiger partial charge in [-0.05, 0) is 51.9 Å². The molecule has 0 aromatic rings. The van der Waals surface area contributed by atoms with Crippen LogP contribution in [-0.4, -0.2) is 46.3 Å². The normalized spacial score (nSPS) is 33.5. The highest BCUT2D eigenvalue weighted by molar-refractivity contribution is 5.97. The molecule has 0 bridgehead atoms. The third kappa shape index (κ3) is 2.13. The predicted octanol–water partition coefficient (Wildman–Crippen LogP) is 2.18. The summed E-state index contributed by atoms with van der Waals surface area (Å²) in [5, 5.41) is 0. The van der Waals surface area contributed by atoms with E-state index >= 15 is 0 Å². The maximum Gasteiger partial charge on any atom is 0.246 e. The standard InChI is InChI=1S/C16H26N2O2/c1-11(13-7-3-4-8-13)18-12(2)15(19)17-10-6-5-9-14(17)16(18)20/h11-14H,3-10H2,1-2H3. The molecule has 0 aromatic heterocycles. The average Bonchev–Trinajstić information content (AvgIpc) is 2.99. The molecule has 3 unspecified atom stereocenters. The van der Waals surface area contributed by atoms with Crippen LogP contribution >= 0.6 is 0 Å². The maximum atomic E-state index is 12.8. The van der Waals surface area contributed by atoms with Crippen LogP contribution < -0.4 is 0 Å². The number of amides is 2. The molecule has 20 heavy (non-hydrogen) atoms. The molecular weight excluding hydrogens is 252 g/mol. The van der Waals surface area contributed by atoms with E-state index in [1.54, 1.807) is 0 Å². The van der Waals surface area contributed by atoms with Crippen LogP contribution in [0.25, 0.3) is 0 Å². The molecule has 0 spiro atoms. The molecule has 0 aromatic carbocycles. The van der Waals surface area contributed by atoms with Crippen molar-refractivity contribution in [2.45, 2.75) is 76.9 Å². The number of carbonyl (C=O) groups excluding carboxylic acids is 2. The fraction of sp³-hybridized carbons (Fsp3) is 0.875. The summed E-state index contributed by atoms with van der Waals surface area (Å²) in [6.45, 7) is 4.83. The van der Waals surface area contributed by atoms with E-state index < -0.39 is 0 Å². The zero-order valence-corrected chi connectivity index (χ0v) is 12.7. The molecule has 3 fully saturated rings. The second kappa shape index (κ2) is 5.38. The third-order valence-corrected chi connectivity index (χ3v) is 5.62. The van der Waals surface area contributed by atoms with Gasteiger partial charge in [-0.3, -0.25) is 9.59 Å². The van der Waals surface area contributed by atoms with Crippen molar-refractivity contribution in [2.24, 2.45) is 5.92 Å². The second-order valence-corrected chi connectivity index (χ2v) is 6.75. The molecule has 112 valence electrons. The largest absolute Gasteiger partial charge is 0.329 e. The highest BCUT2D eigenvalue weighted by Crippen LogP contribution is 2.34. The monoisotopic (exact) mass is 278 g/mol. The topological polar surface area (TPSA) is 40.6 Å². The Labute approximate surface area is 121 Å². The Hall–Kier alpha value is -1.06. The van der Waals surface area contributed by atoms with E-state index in [0.29, 0.717) is 5.92 Å². The quantitative estimate of drug-likeness (QED) is 0.777. The summed E-state index contributed by atoms with van der Waals surface area (Å²) in [5.74, 6) is 0.958. The van der Waals surface area contributed by atoms with Gasteiger partial charge in [0.2, 0.25) is 11.8 Å². The maximum absolute atomic E-state index is 12.8. The number of piperidine rings is 1. The van der Waals surface area contributed by atoms with E-state index in [4.69, 9.17) is 0 Å². The van der Waals surface area contributed by atoms with Crippen LogP contribution in [0.15, 0.2) is 0 Å². The van der Waals surface area contributed by atoms with Gasteiger partial charge in [-0.1, -0.05) is 12.8 Å². The Bertz CT molecular complexity index is 403.